The summed E-state index contributed by atoms with van der Waals surface area (Å²) in [4.78, 5) is 10.6. The van der Waals surface area contributed by atoms with Gasteiger partial charge in [-0.15, -0.1) is 0 Å². The first-order chi connectivity index (χ1) is 22.8. The molecule has 2 aliphatic carbocycles. The Labute approximate surface area is 265 Å². The summed E-state index contributed by atoms with van der Waals surface area (Å²) in [6.07, 6.45) is 4.57. The summed E-state index contributed by atoms with van der Waals surface area (Å²) in [5.41, 5.74) is 14.9. The quantitative estimate of drug-likeness (QED) is 0.206. The lowest BCUT2D eigenvalue weighted by molar-refractivity contribution is 0.842. The van der Waals surface area contributed by atoms with E-state index in [0.717, 1.165) is 46.9 Å². The van der Waals surface area contributed by atoms with Gasteiger partial charge in [-0.2, -0.15) is 0 Å². The first kappa shape index (κ1) is 24.6. The molecule has 0 saturated carbocycles. The van der Waals surface area contributed by atoms with Crippen LogP contribution in [0.3, 0.4) is 0 Å². The highest BCUT2D eigenvalue weighted by Crippen LogP contribution is 2.45. The van der Waals surface area contributed by atoms with Crippen LogP contribution in [-0.4, -0.2) is 19.1 Å². The lowest BCUT2D eigenvalue weighted by Gasteiger charge is -2.19. The standard InChI is InChI=1S/C42H28N4/c1-3-9-25(10-4-1)40-32-13-7-8-14-35(32)43-42(44-40)46-36-20-19-31-33-21-26-15-17-28(26)23-37(33)45(30-11-5-2-6-12-30)41(31)39(36)34-22-27-16-18-29(27)24-38(34)46/h1-14,19-24H,15-18H2. The monoisotopic (exact) mass is 588 g/mol. The number of fused-ring (bicyclic) bond motifs is 10. The predicted molar refractivity (Wildman–Crippen MR) is 188 cm³/mol. The zero-order chi connectivity index (χ0) is 29.9. The molecule has 0 unspecified atom stereocenters. The van der Waals surface area contributed by atoms with Crippen molar-refractivity contribution in [3.05, 3.63) is 144 Å². The van der Waals surface area contributed by atoms with E-state index < -0.39 is 0 Å². The van der Waals surface area contributed by atoms with Gasteiger partial charge in [0, 0.05) is 38.2 Å². The number of aryl methyl sites for hydroxylation is 4. The number of hydrogen-bond acceptors (Lipinski definition) is 2. The van der Waals surface area contributed by atoms with Crippen LogP contribution in [-0.2, 0) is 25.7 Å². The summed E-state index contributed by atoms with van der Waals surface area (Å²) in [6, 6.07) is 44.2. The molecule has 0 saturated heterocycles. The molecule has 0 atom stereocenters. The van der Waals surface area contributed by atoms with Gasteiger partial charge in [-0.05, 0) is 96.5 Å². The molecule has 0 fully saturated rings. The van der Waals surface area contributed by atoms with Crippen molar-refractivity contribution in [2.75, 3.05) is 0 Å². The Morgan fingerprint density at radius 1 is 0.457 bits per heavy atom. The molecular formula is C42H28N4. The minimum Gasteiger partial charge on any atom is -0.309 e. The molecule has 0 N–H and O–H groups in total. The maximum absolute atomic E-state index is 5.36. The summed E-state index contributed by atoms with van der Waals surface area (Å²) in [5, 5.41) is 6.23. The normalized spacial score (nSPS) is 13.7. The van der Waals surface area contributed by atoms with Crippen LogP contribution in [0.4, 0.5) is 0 Å². The van der Waals surface area contributed by atoms with Crippen LogP contribution in [0.25, 0.3) is 77.4 Å². The average Bonchev–Trinajstić information content (AvgIpc) is 3.58. The van der Waals surface area contributed by atoms with Crippen LogP contribution in [0.1, 0.15) is 22.3 Å². The highest BCUT2D eigenvalue weighted by Gasteiger charge is 2.26. The maximum Gasteiger partial charge on any atom is 0.235 e. The van der Waals surface area contributed by atoms with Crippen LogP contribution < -0.4 is 0 Å². The fourth-order valence-electron chi connectivity index (χ4n) is 8.03. The second kappa shape index (κ2) is 8.92. The van der Waals surface area contributed by atoms with E-state index >= 15 is 0 Å². The topological polar surface area (TPSA) is 35.6 Å². The molecular weight excluding hydrogens is 560 g/mol. The fourth-order valence-corrected chi connectivity index (χ4v) is 8.03. The summed E-state index contributed by atoms with van der Waals surface area (Å²) in [6.45, 7) is 0. The van der Waals surface area contributed by atoms with Crippen molar-refractivity contribution in [3.8, 4) is 22.9 Å². The van der Waals surface area contributed by atoms with E-state index in [1.807, 2.05) is 0 Å². The molecule has 0 radical (unpaired) electrons. The van der Waals surface area contributed by atoms with Crippen LogP contribution in [0, 0.1) is 0 Å². The molecule has 4 nitrogen and oxygen atoms in total. The van der Waals surface area contributed by atoms with Crippen LogP contribution in [0.2, 0.25) is 0 Å². The third kappa shape index (κ3) is 3.23. The number of rotatable bonds is 3. The van der Waals surface area contributed by atoms with Gasteiger partial charge in [0.1, 0.15) is 0 Å². The molecule has 3 heterocycles. The lowest BCUT2D eigenvalue weighted by atomic mass is 9.87. The molecule has 6 aromatic carbocycles. The smallest absolute Gasteiger partial charge is 0.235 e. The first-order valence-electron chi connectivity index (χ1n) is 16.3. The Balaban J connectivity index is 1.33. The average molecular weight is 589 g/mol. The molecule has 11 rings (SSSR count). The second-order valence-corrected chi connectivity index (χ2v) is 12.9. The highest BCUT2D eigenvalue weighted by molar-refractivity contribution is 6.26. The minimum absolute atomic E-state index is 0.709. The van der Waals surface area contributed by atoms with Gasteiger partial charge in [0.15, 0.2) is 0 Å². The zero-order valence-electron chi connectivity index (χ0n) is 25.2. The van der Waals surface area contributed by atoms with E-state index in [1.165, 1.54) is 72.5 Å². The van der Waals surface area contributed by atoms with Gasteiger partial charge in [-0.25, -0.2) is 9.97 Å². The number of hydrogen-bond donors (Lipinski definition) is 0. The molecule has 2 aliphatic rings. The summed E-state index contributed by atoms with van der Waals surface area (Å²) in [7, 11) is 0. The van der Waals surface area contributed by atoms with E-state index in [-0.39, 0.29) is 0 Å². The minimum atomic E-state index is 0.709. The van der Waals surface area contributed by atoms with E-state index in [9.17, 15) is 0 Å². The molecule has 0 spiro atoms. The van der Waals surface area contributed by atoms with Gasteiger partial charge in [-0.3, -0.25) is 4.57 Å². The first-order valence-corrected chi connectivity index (χ1v) is 16.3. The van der Waals surface area contributed by atoms with Gasteiger partial charge in [-0.1, -0.05) is 72.8 Å². The van der Waals surface area contributed by atoms with E-state index in [2.05, 4.69) is 130 Å². The Hall–Kier alpha value is -5.74. The number of benzene rings is 6. The third-order valence-electron chi connectivity index (χ3n) is 10.5. The molecule has 0 aliphatic heterocycles. The largest absolute Gasteiger partial charge is 0.309 e. The van der Waals surface area contributed by atoms with Crippen LogP contribution >= 0.6 is 0 Å². The van der Waals surface area contributed by atoms with Gasteiger partial charge >= 0.3 is 0 Å². The molecule has 46 heavy (non-hydrogen) atoms. The molecule has 0 bridgehead atoms. The maximum atomic E-state index is 5.36. The van der Waals surface area contributed by atoms with Crippen molar-refractivity contribution >= 4 is 54.5 Å². The molecule has 9 aromatic rings. The van der Waals surface area contributed by atoms with Gasteiger partial charge in [0.2, 0.25) is 5.95 Å². The molecule has 4 heteroatoms. The van der Waals surface area contributed by atoms with Crippen molar-refractivity contribution in [1.29, 1.82) is 0 Å². The van der Waals surface area contributed by atoms with Gasteiger partial charge in [0.05, 0.1) is 33.3 Å². The van der Waals surface area contributed by atoms with Crippen molar-refractivity contribution in [2.24, 2.45) is 0 Å². The Morgan fingerprint density at radius 2 is 1.09 bits per heavy atom. The molecule has 216 valence electrons. The summed E-state index contributed by atoms with van der Waals surface area (Å²) < 4.78 is 4.83. The van der Waals surface area contributed by atoms with E-state index in [0.29, 0.717) is 5.95 Å². The SMILES string of the molecule is c1ccc(-c2nc(-n3c4cc5c(cc4c4c3ccc3c6cc7c(cc6n(-c6ccccc6)c34)CC7)CC5)nc3ccccc23)cc1. The van der Waals surface area contributed by atoms with Crippen LogP contribution in [0.5, 0.6) is 0 Å². The zero-order valence-corrected chi connectivity index (χ0v) is 25.2. The number of aromatic nitrogens is 4. The highest BCUT2D eigenvalue weighted by atomic mass is 15.2. The molecule has 3 aromatic heterocycles. The number of para-hydroxylation sites is 2. The van der Waals surface area contributed by atoms with Crippen molar-refractivity contribution in [1.82, 2.24) is 19.1 Å². The van der Waals surface area contributed by atoms with E-state index in [4.69, 9.17) is 9.97 Å². The lowest BCUT2D eigenvalue weighted by Crippen LogP contribution is -2.08. The third-order valence-corrected chi connectivity index (χ3v) is 10.5. The fraction of sp³-hybridized carbons (Fsp3) is 0.0952. The van der Waals surface area contributed by atoms with Crippen LogP contribution in [0.15, 0.2) is 121 Å². The Kier molecular flexibility index (Phi) is 4.76. The second-order valence-electron chi connectivity index (χ2n) is 12.9. The molecule has 0 amide bonds. The predicted octanol–water partition coefficient (Wildman–Crippen LogP) is 9.69. The van der Waals surface area contributed by atoms with E-state index in [1.54, 1.807) is 0 Å². The van der Waals surface area contributed by atoms with Crippen molar-refractivity contribution in [3.63, 3.8) is 0 Å². The van der Waals surface area contributed by atoms with Gasteiger partial charge in [0.25, 0.3) is 0 Å². The van der Waals surface area contributed by atoms with Crippen molar-refractivity contribution < 1.29 is 0 Å². The van der Waals surface area contributed by atoms with Crippen molar-refractivity contribution in [2.45, 2.75) is 25.7 Å². The number of nitrogens with zero attached hydrogens (tertiary/aromatic N) is 4. The summed E-state index contributed by atoms with van der Waals surface area (Å²) in [5.74, 6) is 0.709. The van der Waals surface area contributed by atoms with Gasteiger partial charge < -0.3 is 4.57 Å². The Morgan fingerprint density at radius 3 is 1.83 bits per heavy atom. The summed E-state index contributed by atoms with van der Waals surface area (Å²) >= 11 is 0. The Bertz CT molecular complexity index is 2730.